The van der Waals surface area contributed by atoms with Gasteiger partial charge in [-0.3, -0.25) is 9.89 Å². The maximum Gasteiger partial charge on any atom is 0.253 e. The Labute approximate surface area is 172 Å². The van der Waals surface area contributed by atoms with E-state index in [4.69, 9.17) is 5.10 Å². The lowest BCUT2D eigenvalue weighted by Gasteiger charge is -2.24. The van der Waals surface area contributed by atoms with E-state index in [1.807, 2.05) is 0 Å². The number of aryl methyl sites for hydroxylation is 1. The molecule has 2 unspecified atom stereocenters. The van der Waals surface area contributed by atoms with E-state index >= 15 is 0 Å². The van der Waals surface area contributed by atoms with Gasteiger partial charge >= 0.3 is 0 Å². The van der Waals surface area contributed by atoms with Gasteiger partial charge < -0.3 is 15.6 Å². The minimum atomic E-state index is 0.0760. The zero-order chi connectivity index (χ0) is 19.6. The molecule has 4 N–H and O–H groups in total. The number of pyridine rings is 1. The largest absolute Gasteiger partial charge is 0.314 e. The molecule has 1 aliphatic heterocycles. The van der Waals surface area contributed by atoms with Crippen LogP contribution in [0.4, 0.5) is 0 Å². The Bertz CT molecular complexity index is 895. The first-order chi connectivity index (χ1) is 14.3. The smallest absolute Gasteiger partial charge is 0.253 e. The summed E-state index contributed by atoms with van der Waals surface area (Å²) in [5.41, 5.74) is 4.28. The van der Waals surface area contributed by atoms with Gasteiger partial charge in [0, 0.05) is 17.0 Å². The van der Waals surface area contributed by atoms with Crippen LogP contribution in [0.1, 0.15) is 87.1 Å². The Morgan fingerprint density at radius 2 is 1.83 bits per heavy atom. The first-order valence-corrected chi connectivity index (χ1v) is 11.9. The molecule has 2 aliphatic carbocycles. The van der Waals surface area contributed by atoms with Crippen LogP contribution in [0.25, 0.3) is 11.0 Å². The molecule has 0 radical (unpaired) electrons. The second-order valence-electron chi connectivity index (χ2n) is 9.39. The van der Waals surface area contributed by atoms with E-state index in [2.05, 4.69) is 20.7 Å². The highest BCUT2D eigenvalue weighted by Crippen LogP contribution is 2.37. The fraction of sp³-hybridized carbons (Fsp3) is 0.739. The lowest BCUT2D eigenvalue weighted by atomic mass is 9.87. The topological polar surface area (TPSA) is 85.6 Å². The summed E-state index contributed by atoms with van der Waals surface area (Å²) in [6, 6.07) is 1.05. The van der Waals surface area contributed by atoms with Crippen LogP contribution in [0.5, 0.6) is 0 Å². The molecule has 1 saturated heterocycles. The summed E-state index contributed by atoms with van der Waals surface area (Å²) < 4.78 is 0. The molecule has 2 atom stereocenters. The van der Waals surface area contributed by atoms with Crippen LogP contribution in [0.3, 0.4) is 0 Å². The quantitative estimate of drug-likeness (QED) is 0.562. The zero-order valence-corrected chi connectivity index (χ0v) is 17.5. The van der Waals surface area contributed by atoms with E-state index in [9.17, 15) is 4.79 Å². The maximum atomic E-state index is 12.5. The van der Waals surface area contributed by atoms with Gasteiger partial charge in [-0.25, -0.2) is 0 Å². The number of nitrogens with one attached hydrogen (secondary N) is 4. The molecule has 6 nitrogen and oxygen atoms in total. The summed E-state index contributed by atoms with van der Waals surface area (Å²) >= 11 is 0. The molecule has 0 spiro atoms. The highest BCUT2D eigenvalue weighted by molar-refractivity contribution is 5.83. The van der Waals surface area contributed by atoms with Crippen LogP contribution in [0.2, 0.25) is 0 Å². The van der Waals surface area contributed by atoms with Crippen molar-refractivity contribution in [2.45, 2.75) is 89.1 Å². The number of fused-ring (bicyclic) bond motifs is 3. The van der Waals surface area contributed by atoms with Crippen molar-refractivity contribution in [2.24, 2.45) is 5.92 Å². The minimum Gasteiger partial charge on any atom is -0.314 e. The van der Waals surface area contributed by atoms with Crippen LogP contribution in [-0.4, -0.2) is 34.3 Å². The number of nitrogens with zero attached hydrogens (tertiary/aromatic N) is 1. The van der Waals surface area contributed by atoms with Gasteiger partial charge in [-0.15, -0.1) is 0 Å². The number of hydrogen-bond donors (Lipinski definition) is 4. The Hall–Kier alpha value is -1.66. The van der Waals surface area contributed by atoms with Crippen LogP contribution in [0.15, 0.2) is 4.79 Å². The van der Waals surface area contributed by atoms with Gasteiger partial charge in [0.05, 0.1) is 11.7 Å². The first-order valence-electron chi connectivity index (χ1n) is 11.9. The molecule has 0 aromatic carbocycles. The highest BCUT2D eigenvalue weighted by atomic mass is 16.1. The Balaban J connectivity index is 1.29. The summed E-state index contributed by atoms with van der Waals surface area (Å²) in [7, 11) is 0. The van der Waals surface area contributed by atoms with Gasteiger partial charge in [-0.2, -0.15) is 5.10 Å². The molecule has 0 amide bonds. The molecule has 2 aromatic heterocycles. The molecule has 158 valence electrons. The molecule has 6 heteroatoms. The predicted molar refractivity (Wildman–Crippen MR) is 116 cm³/mol. The lowest BCUT2D eigenvalue weighted by molar-refractivity contribution is 0.355. The average molecular weight is 398 g/mol. The molecule has 0 bridgehead atoms. The van der Waals surface area contributed by atoms with Gasteiger partial charge in [-0.05, 0) is 82.4 Å². The van der Waals surface area contributed by atoms with Gasteiger partial charge in [0.2, 0.25) is 0 Å². The molecule has 1 saturated carbocycles. The van der Waals surface area contributed by atoms with Crippen LogP contribution < -0.4 is 16.2 Å². The second-order valence-corrected chi connectivity index (χ2v) is 9.39. The normalized spacial score (nSPS) is 25.5. The van der Waals surface area contributed by atoms with Crippen molar-refractivity contribution in [3.05, 3.63) is 27.2 Å². The Kier molecular flexibility index (Phi) is 5.73. The summed E-state index contributed by atoms with van der Waals surface area (Å²) in [6.45, 7) is 2.20. The van der Waals surface area contributed by atoms with Crippen molar-refractivity contribution in [1.82, 2.24) is 25.8 Å². The van der Waals surface area contributed by atoms with Crippen molar-refractivity contribution < 1.29 is 0 Å². The molecular formula is C23H35N5O. The maximum absolute atomic E-state index is 12.5. The molecule has 3 aliphatic rings. The van der Waals surface area contributed by atoms with Crippen molar-refractivity contribution in [1.29, 1.82) is 0 Å². The summed E-state index contributed by atoms with van der Waals surface area (Å²) in [5, 5.41) is 16.5. The predicted octanol–water partition coefficient (Wildman–Crippen LogP) is 3.48. The van der Waals surface area contributed by atoms with Gasteiger partial charge in [0.15, 0.2) is 0 Å². The standard InChI is InChI=1S/C23H35N5O/c29-23-18-11-5-4-10-17(18)19-21(27-28-22(19)26-23)20-15(12-14-25-20)7-6-13-24-16-8-2-1-3-9-16/h15-16,20,24-25H,1-14H2,(H2,26,27,28,29). The SMILES string of the molecule is O=c1[nH]c2[nH]nc(C3NCCC3CCCNC3CCCCC3)c2c2c1CCCC2. The highest BCUT2D eigenvalue weighted by Gasteiger charge is 2.32. The number of aromatic amines is 2. The van der Waals surface area contributed by atoms with Crippen LogP contribution >= 0.6 is 0 Å². The summed E-state index contributed by atoms with van der Waals surface area (Å²) in [5.74, 6) is 0.626. The lowest BCUT2D eigenvalue weighted by Crippen LogP contribution is -2.32. The number of rotatable bonds is 6. The van der Waals surface area contributed by atoms with E-state index in [1.165, 1.54) is 68.7 Å². The zero-order valence-electron chi connectivity index (χ0n) is 17.5. The van der Waals surface area contributed by atoms with Crippen LogP contribution in [-0.2, 0) is 12.8 Å². The van der Waals surface area contributed by atoms with Crippen molar-refractivity contribution in [3.63, 3.8) is 0 Å². The van der Waals surface area contributed by atoms with Gasteiger partial charge in [0.1, 0.15) is 5.65 Å². The molecular weight excluding hydrogens is 362 g/mol. The van der Waals surface area contributed by atoms with Crippen molar-refractivity contribution in [2.75, 3.05) is 13.1 Å². The third-order valence-electron chi connectivity index (χ3n) is 7.51. The molecule has 3 heterocycles. The Morgan fingerprint density at radius 1 is 1.00 bits per heavy atom. The number of hydrogen-bond acceptors (Lipinski definition) is 4. The van der Waals surface area contributed by atoms with E-state index in [-0.39, 0.29) is 5.56 Å². The fourth-order valence-corrected chi connectivity index (χ4v) is 5.96. The summed E-state index contributed by atoms with van der Waals surface area (Å²) in [6.07, 6.45) is 14.8. The van der Waals surface area contributed by atoms with E-state index in [0.29, 0.717) is 12.0 Å². The van der Waals surface area contributed by atoms with Gasteiger partial charge in [0.25, 0.3) is 5.56 Å². The fourth-order valence-electron chi connectivity index (χ4n) is 5.96. The monoisotopic (exact) mass is 397 g/mol. The number of H-pyrrole nitrogens is 2. The van der Waals surface area contributed by atoms with E-state index in [0.717, 1.165) is 55.3 Å². The molecule has 5 rings (SSSR count). The third kappa shape index (κ3) is 3.89. The molecule has 2 fully saturated rings. The van der Waals surface area contributed by atoms with E-state index < -0.39 is 0 Å². The molecule has 29 heavy (non-hydrogen) atoms. The number of aromatic nitrogens is 3. The van der Waals surface area contributed by atoms with Crippen molar-refractivity contribution in [3.8, 4) is 0 Å². The Morgan fingerprint density at radius 3 is 2.69 bits per heavy atom. The third-order valence-corrected chi connectivity index (χ3v) is 7.51. The summed E-state index contributed by atoms with van der Waals surface area (Å²) in [4.78, 5) is 15.5. The van der Waals surface area contributed by atoms with Gasteiger partial charge in [-0.1, -0.05) is 19.3 Å². The van der Waals surface area contributed by atoms with Crippen molar-refractivity contribution >= 4 is 11.0 Å². The average Bonchev–Trinajstić information content (AvgIpc) is 3.39. The van der Waals surface area contributed by atoms with E-state index in [1.54, 1.807) is 0 Å². The van der Waals surface area contributed by atoms with Crippen LogP contribution in [0, 0.1) is 5.92 Å². The molecule has 2 aromatic rings. The minimum absolute atomic E-state index is 0.0760. The second kappa shape index (κ2) is 8.60. The first kappa shape index (κ1) is 19.3.